The fourth-order valence-electron chi connectivity index (χ4n) is 4.32. The van der Waals surface area contributed by atoms with Gasteiger partial charge in [-0.05, 0) is 24.3 Å². The Hall–Kier alpha value is -2.58. The third-order valence-electron chi connectivity index (χ3n) is 6.09. The number of hydrogen-bond acceptors (Lipinski definition) is 6. The SMILES string of the molecule is C[C@@H]1CN(Cc2ccccc2)CC1c1nnc(CNC(=O)C2CCOCC2)c(=O)[nH]1. The van der Waals surface area contributed by atoms with Gasteiger partial charge in [-0.1, -0.05) is 37.3 Å². The lowest BCUT2D eigenvalue weighted by Crippen LogP contribution is -2.36. The molecule has 30 heavy (non-hydrogen) atoms. The van der Waals surface area contributed by atoms with Gasteiger partial charge in [-0.3, -0.25) is 14.5 Å². The van der Waals surface area contributed by atoms with Gasteiger partial charge in [0.05, 0.1) is 6.54 Å². The molecular weight excluding hydrogens is 382 g/mol. The summed E-state index contributed by atoms with van der Waals surface area (Å²) in [5.74, 6) is 1.03. The first-order chi connectivity index (χ1) is 14.6. The molecule has 2 fully saturated rings. The largest absolute Gasteiger partial charge is 0.381 e. The number of carbonyl (C=O) groups excluding carboxylic acids is 1. The Labute approximate surface area is 176 Å². The number of rotatable bonds is 6. The van der Waals surface area contributed by atoms with Gasteiger partial charge in [-0.2, -0.15) is 0 Å². The van der Waals surface area contributed by atoms with Gasteiger partial charge in [-0.15, -0.1) is 10.2 Å². The number of nitrogens with zero attached hydrogens (tertiary/aromatic N) is 3. The highest BCUT2D eigenvalue weighted by Crippen LogP contribution is 2.30. The van der Waals surface area contributed by atoms with Gasteiger partial charge in [-0.25, -0.2) is 0 Å². The molecule has 0 aliphatic carbocycles. The van der Waals surface area contributed by atoms with Crippen LogP contribution in [0.1, 0.15) is 42.8 Å². The molecule has 0 bridgehead atoms. The Bertz CT molecular complexity index is 910. The van der Waals surface area contributed by atoms with Crippen LogP contribution < -0.4 is 10.9 Å². The van der Waals surface area contributed by atoms with Crippen LogP contribution in [0.4, 0.5) is 0 Å². The molecule has 4 rings (SSSR count). The minimum absolute atomic E-state index is 0.0513. The highest BCUT2D eigenvalue weighted by atomic mass is 16.5. The molecule has 2 N–H and O–H groups in total. The minimum Gasteiger partial charge on any atom is -0.381 e. The highest BCUT2D eigenvalue weighted by Gasteiger charge is 2.33. The van der Waals surface area contributed by atoms with E-state index in [4.69, 9.17) is 4.74 Å². The molecule has 3 heterocycles. The van der Waals surface area contributed by atoms with Gasteiger partial charge in [0.2, 0.25) is 5.91 Å². The summed E-state index contributed by atoms with van der Waals surface area (Å²) in [7, 11) is 0. The lowest BCUT2D eigenvalue weighted by molar-refractivity contribution is -0.128. The van der Waals surface area contributed by atoms with E-state index in [0.717, 1.165) is 19.6 Å². The quantitative estimate of drug-likeness (QED) is 0.746. The van der Waals surface area contributed by atoms with E-state index in [1.165, 1.54) is 5.56 Å². The zero-order valence-electron chi connectivity index (χ0n) is 17.3. The number of hydrogen-bond donors (Lipinski definition) is 2. The molecule has 2 saturated heterocycles. The van der Waals surface area contributed by atoms with Crippen molar-refractivity contribution in [3.63, 3.8) is 0 Å². The number of amides is 1. The first-order valence-corrected chi connectivity index (χ1v) is 10.7. The fourth-order valence-corrected chi connectivity index (χ4v) is 4.32. The Morgan fingerprint density at radius 1 is 1.20 bits per heavy atom. The van der Waals surface area contributed by atoms with E-state index in [9.17, 15) is 9.59 Å². The lowest BCUT2D eigenvalue weighted by Gasteiger charge is -2.21. The van der Waals surface area contributed by atoms with E-state index in [1.807, 2.05) is 6.07 Å². The van der Waals surface area contributed by atoms with Crippen molar-refractivity contribution >= 4 is 5.91 Å². The number of likely N-dealkylation sites (tertiary alicyclic amines) is 1. The van der Waals surface area contributed by atoms with Crippen LogP contribution >= 0.6 is 0 Å². The maximum absolute atomic E-state index is 12.5. The average Bonchev–Trinajstić information content (AvgIpc) is 3.13. The van der Waals surface area contributed by atoms with Gasteiger partial charge in [0.15, 0.2) is 0 Å². The van der Waals surface area contributed by atoms with Crippen molar-refractivity contribution in [2.45, 2.75) is 38.8 Å². The number of H-pyrrole nitrogens is 1. The van der Waals surface area contributed by atoms with Crippen LogP contribution in [0.25, 0.3) is 0 Å². The van der Waals surface area contributed by atoms with Crippen LogP contribution in [0.15, 0.2) is 35.1 Å². The molecular formula is C22H29N5O3. The van der Waals surface area contributed by atoms with Crippen molar-refractivity contribution < 1.29 is 9.53 Å². The van der Waals surface area contributed by atoms with Crippen LogP contribution in [0.3, 0.4) is 0 Å². The summed E-state index contributed by atoms with van der Waals surface area (Å²) in [6.07, 6.45) is 1.43. The van der Waals surface area contributed by atoms with E-state index >= 15 is 0 Å². The summed E-state index contributed by atoms with van der Waals surface area (Å²) in [6, 6.07) is 10.4. The van der Waals surface area contributed by atoms with Crippen LogP contribution in [0.5, 0.6) is 0 Å². The van der Waals surface area contributed by atoms with Gasteiger partial charge in [0.1, 0.15) is 11.5 Å². The smallest absolute Gasteiger partial charge is 0.274 e. The first kappa shape index (κ1) is 20.7. The molecule has 1 amide bonds. The minimum atomic E-state index is -0.277. The topological polar surface area (TPSA) is 100 Å². The number of ether oxygens (including phenoxy) is 1. The summed E-state index contributed by atoms with van der Waals surface area (Å²) in [6.45, 7) is 6.15. The van der Waals surface area contributed by atoms with Crippen LogP contribution in [-0.4, -0.2) is 52.3 Å². The third kappa shape index (κ3) is 4.94. The van der Waals surface area contributed by atoms with Gasteiger partial charge in [0, 0.05) is 44.7 Å². The summed E-state index contributed by atoms with van der Waals surface area (Å²) in [4.78, 5) is 30.1. The maximum Gasteiger partial charge on any atom is 0.274 e. The molecule has 160 valence electrons. The summed E-state index contributed by atoms with van der Waals surface area (Å²) < 4.78 is 5.28. The highest BCUT2D eigenvalue weighted by molar-refractivity contribution is 5.78. The molecule has 1 aromatic carbocycles. The second kappa shape index (κ2) is 9.49. The summed E-state index contributed by atoms with van der Waals surface area (Å²) in [5, 5.41) is 11.2. The Balaban J connectivity index is 1.35. The molecule has 2 aromatic rings. The van der Waals surface area contributed by atoms with Crippen LogP contribution in [-0.2, 0) is 22.6 Å². The Kier molecular flexibility index (Phi) is 6.54. The number of aromatic nitrogens is 3. The third-order valence-corrected chi connectivity index (χ3v) is 6.09. The monoisotopic (exact) mass is 411 g/mol. The summed E-state index contributed by atoms with van der Waals surface area (Å²) >= 11 is 0. The average molecular weight is 412 g/mol. The molecule has 2 atom stereocenters. The first-order valence-electron chi connectivity index (χ1n) is 10.7. The number of aromatic amines is 1. The molecule has 0 saturated carbocycles. The normalized spacial score (nSPS) is 22.8. The standard InChI is InChI=1S/C22H29N5O3/c1-15-12-27(13-16-5-3-2-4-6-16)14-18(15)20-24-22(29)19(25-26-20)11-23-21(28)17-7-9-30-10-8-17/h2-6,15,17-18H,7-14H2,1H3,(H,23,28)(H,24,26,29)/t15-,18?/m1/s1. The van der Waals surface area contributed by atoms with Crippen molar-refractivity contribution in [2.75, 3.05) is 26.3 Å². The van der Waals surface area contributed by atoms with Crippen molar-refractivity contribution in [3.8, 4) is 0 Å². The van der Waals surface area contributed by atoms with Crippen molar-refractivity contribution in [1.82, 2.24) is 25.4 Å². The number of carbonyl (C=O) groups is 1. The van der Waals surface area contributed by atoms with Gasteiger partial charge < -0.3 is 15.0 Å². The van der Waals surface area contributed by atoms with E-state index in [0.29, 0.717) is 37.8 Å². The Morgan fingerprint density at radius 2 is 1.97 bits per heavy atom. The second-order valence-electron chi connectivity index (χ2n) is 8.35. The van der Waals surface area contributed by atoms with Gasteiger partial charge >= 0.3 is 0 Å². The van der Waals surface area contributed by atoms with Crippen molar-refractivity contribution in [1.29, 1.82) is 0 Å². The molecule has 8 nitrogen and oxygen atoms in total. The van der Waals surface area contributed by atoms with E-state index in [2.05, 4.69) is 56.6 Å². The summed E-state index contributed by atoms with van der Waals surface area (Å²) in [5.41, 5.74) is 1.24. The molecule has 2 aliphatic rings. The Morgan fingerprint density at radius 3 is 2.70 bits per heavy atom. The van der Waals surface area contributed by atoms with Gasteiger partial charge in [0.25, 0.3) is 5.56 Å². The van der Waals surface area contributed by atoms with E-state index in [1.54, 1.807) is 0 Å². The number of nitrogens with one attached hydrogen (secondary N) is 2. The zero-order valence-corrected chi connectivity index (χ0v) is 17.3. The van der Waals surface area contributed by atoms with E-state index < -0.39 is 0 Å². The lowest BCUT2D eigenvalue weighted by atomic mass is 9.97. The maximum atomic E-state index is 12.5. The second-order valence-corrected chi connectivity index (χ2v) is 8.35. The molecule has 1 aromatic heterocycles. The molecule has 0 radical (unpaired) electrons. The predicted octanol–water partition coefficient (Wildman–Crippen LogP) is 1.44. The molecule has 1 unspecified atom stereocenters. The molecule has 0 spiro atoms. The number of benzene rings is 1. The predicted molar refractivity (Wildman–Crippen MR) is 112 cm³/mol. The molecule has 2 aliphatic heterocycles. The fraction of sp³-hybridized carbons (Fsp3) is 0.545. The van der Waals surface area contributed by atoms with E-state index in [-0.39, 0.29) is 35.5 Å². The van der Waals surface area contributed by atoms with Crippen molar-refractivity contribution in [2.24, 2.45) is 11.8 Å². The van der Waals surface area contributed by atoms with Crippen molar-refractivity contribution in [3.05, 3.63) is 57.8 Å². The van der Waals surface area contributed by atoms with Crippen LogP contribution in [0.2, 0.25) is 0 Å². The zero-order chi connectivity index (χ0) is 20.9. The molecule has 8 heteroatoms. The van der Waals surface area contributed by atoms with Crippen LogP contribution in [0, 0.1) is 11.8 Å².